The summed E-state index contributed by atoms with van der Waals surface area (Å²) in [6.45, 7) is 8.09. The number of hydrogen-bond donors (Lipinski definition) is 0. The van der Waals surface area contributed by atoms with E-state index in [1.165, 1.54) is 6.20 Å². The molecule has 2 aromatic rings. The van der Waals surface area contributed by atoms with Crippen molar-refractivity contribution in [3.8, 4) is 0 Å². The zero-order valence-electron chi connectivity index (χ0n) is 10.1. The minimum absolute atomic E-state index is 0.0504. The smallest absolute Gasteiger partial charge is 0.269 e. The van der Waals surface area contributed by atoms with E-state index in [1.54, 1.807) is 4.57 Å². The van der Waals surface area contributed by atoms with E-state index in [1.807, 2.05) is 45.9 Å². The van der Waals surface area contributed by atoms with Gasteiger partial charge in [0.1, 0.15) is 0 Å². The molecule has 0 fully saturated rings. The molecule has 3 nitrogen and oxygen atoms in total. The maximum absolute atomic E-state index is 11.9. The van der Waals surface area contributed by atoms with E-state index in [-0.39, 0.29) is 11.1 Å². The Hall–Kier alpha value is -1.64. The van der Waals surface area contributed by atoms with Crippen LogP contribution in [0.25, 0.3) is 11.0 Å². The molecule has 0 spiro atoms. The third-order valence-corrected chi connectivity index (χ3v) is 2.58. The summed E-state index contributed by atoms with van der Waals surface area (Å²) < 4.78 is 1.79. The van der Waals surface area contributed by atoms with Crippen LogP contribution in [0.1, 0.15) is 26.3 Å². The number of aromatic nitrogens is 2. The van der Waals surface area contributed by atoms with E-state index in [0.29, 0.717) is 0 Å². The highest BCUT2D eigenvalue weighted by atomic mass is 16.1. The number of benzene rings is 1. The molecular formula is C13H16N2O. The van der Waals surface area contributed by atoms with E-state index in [4.69, 9.17) is 0 Å². The predicted molar refractivity (Wildman–Crippen MR) is 65.7 cm³/mol. The maximum atomic E-state index is 11.9. The van der Waals surface area contributed by atoms with E-state index in [9.17, 15) is 4.79 Å². The summed E-state index contributed by atoms with van der Waals surface area (Å²) in [4.78, 5) is 16.1. The van der Waals surface area contributed by atoms with Gasteiger partial charge in [-0.2, -0.15) is 0 Å². The van der Waals surface area contributed by atoms with Crippen LogP contribution in [0.2, 0.25) is 0 Å². The lowest BCUT2D eigenvalue weighted by Crippen LogP contribution is -2.34. The minimum Gasteiger partial charge on any atom is -0.300 e. The molecule has 0 atom stereocenters. The summed E-state index contributed by atoms with van der Waals surface area (Å²) >= 11 is 0. The number of nitrogens with zero attached hydrogens (tertiary/aromatic N) is 2. The van der Waals surface area contributed by atoms with Gasteiger partial charge in [0.05, 0.1) is 17.2 Å². The lowest BCUT2D eigenvalue weighted by Gasteiger charge is -2.24. The molecule has 0 amide bonds. The SMILES string of the molecule is Cc1ccc2ncc(=O)n(C(C)(C)C)c2c1. The van der Waals surface area contributed by atoms with Crippen molar-refractivity contribution < 1.29 is 0 Å². The number of rotatable bonds is 0. The van der Waals surface area contributed by atoms with Crippen molar-refractivity contribution >= 4 is 11.0 Å². The highest BCUT2D eigenvalue weighted by molar-refractivity contribution is 5.75. The van der Waals surface area contributed by atoms with Crippen LogP contribution in [0.5, 0.6) is 0 Å². The molecule has 0 radical (unpaired) electrons. The highest BCUT2D eigenvalue weighted by Crippen LogP contribution is 2.19. The lowest BCUT2D eigenvalue weighted by atomic mass is 10.1. The molecule has 1 aromatic heterocycles. The fourth-order valence-electron chi connectivity index (χ4n) is 1.91. The average Bonchev–Trinajstić information content (AvgIpc) is 2.14. The maximum Gasteiger partial charge on any atom is 0.269 e. The first kappa shape index (κ1) is 10.9. The Morgan fingerprint density at radius 1 is 1.25 bits per heavy atom. The molecule has 1 aromatic carbocycles. The molecule has 2 rings (SSSR count). The van der Waals surface area contributed by atoms with Gasteiger partial charge in [-0.1, -0.05) is 6.07 Å². The van der Waals surface area contributed by atoms with Crippen molar-refractivity contribution in [1.82, 2.24) is 9.55 Å². The van der Waals surface area contributed by atoms with Crippen LogP contribution in [0.3, 0.4) is 0 Å². The largest absolute Gasteiger partial charge is 0.300 e. The zero-order valence-corrected chi connectivity index (χ0v) is 10.1. The van der Waals surface area contributed by atoms with Gasteiger partial charge in [-0.15, -0.1) is 0 Å². The minimum atomic E-state index is -0.230. The summed E-state index contributed by atoms with van der Waals surface area (Å²) in [6.07, 6.45) is 1.39. The monoisotopic (exact) mass is 216 g/mol. The Morgan fingerprint density at radius 2 is 1.94 bits per heavy atom. The Morgan fingerprint density at radius 3 is 2.56 bits per heavy atom. The van der Waals surface area contributed by atoms with Crippen LogP contribution in [0.4, 0.5) is 0 Å². The molecule has 0 aliphatic rings. The van der Waals surface area contributed by atoms with E-state index >= 15 is 0 Å². The Bertz CT molecular complexity index is 591. The fourth-order valence-corrected chi connectivity index (χ4v) is 1.91. The van der Waals surface area contributed by atoms with Gasteiger partial charge < -0.3 is 4.57 Å². The van der Waals surface area contributed by atoms with Crippen LogP contribution < -0.4 is 5.56 Å². The van der Waals surface area contributed by atoms with Gasteiger partial charge in [-0.3, -0.25) is 4.79 Å². The predicted octanol–water partition coefficient (Wildman–Crippen LogP) is 2.46. The highest BCUT2D eigenvalue weighted by Gasteiger charge is 2.17. The summed E-state index contributed by atoms with van der Waals surface area (Å²) in [5.41, 5.74) is 2.62. The zero-order chi connectivity index (χ0) is 11.9. The Labute approximate surface area is 94.7 Å². The molecule has 1 heterocycles. The topological polar surface area (TPSA) is 34.9 Å². The van der Waals surface area contributed by atoms with Gasteiger partial charge >= 0.3 is 0 Å². The van der Waals surface area contributed by atoms with Crippen LogP contribution in [0.15, 0.2) is 29.2 Å². The van der Waals surface area contributed by atoms with Crippen molar-refractivity contribution in [3.05, 3.63) is 40.3 Å². The second-order valence-corrected chi connectivity index (χ2v) is 5.09. The van der Waals surface area contributed by atoms with Crippen LogP contribution in [-0.4, -0.2) is 9.55 Å². The lowest BCUT2D eigenvalue weighted by molar-refractivity contribution is 0.397. The fraction of sp³-hybridized carbons (Fsp3) is 0.385. The van der Waals surface area contributed by atoms with E-state index < -0.39 is 0 Å². The first-order chi connectivity index (χ1) is 7.39. The molecule has 0 saturated heterocycles. The second-order valence-electron chi connectivity index (χ2n) is 5.09. The summed E-state index contributed by atoms with van der Waals surface area (Å²) in [5, 5.41) is 0. The quantitative estimate of drug-likeness (QED) is 0.678. The van der Waals surface area contributed by atoms with Crippen LogP contribution >= 0.6 is 0 Å². The second kappa shape index (κ2) is 3.44. The molecule has 0 bridgehead atoms. The van der Waals surface area contributed by atoms with Gasteiger partial charge in [-0.05, 0) is 45.4 Å². The number of aryl methyl sites for hydroxylation is 1. The molecule has 3 heteroatoms. The van der Waals surface area contributed by atoms with Gasteiger partial charge in [0, 0.05) is 5.54 Å². The molecule has 0 N–H and O–H groups in total. The van der Waals surface area contributed by atoms with Gasteiger partial charge in [0.2, 0.25) is 0 Å². The molecule has 0 unspecified atom stereocenters. The van der Waals surface area contributed by atoms with Crippen LogP contribution in [0, 0.1) is 6.92 Å². The average molecular weight is 216 g/mol. The molecule has 16 heavy (non-hydrogen) atoms. The van der Waals surface area contributed by atoms with Crippen molar-refractivity contribution in [1.29, 1.82) is 0 Å². The van der Waals surface area contributed by atoms with Crippen molar-refractivity contribution in [2.75, 3.05) is 0 Å². The molecule has 0 aliphatic carbocycles. The number of hydrogen-bond acceptors (Lipinski definition) is 2. The summed E-state index contributed by atoms with van der Waals surface area (Å²) in [7, 11) is 0. The van der Waals surface area contributed by atoms with E-state index in [2.05, 4.69) is 4.98 Å². The Kier molecular flexibility index (Phi) is 2.34. The van der Waals surface area contributed by atoms with Crippen molar-refractivity contribution in [3.63, 3.8) is 0 Å². The molecule has 84 valence electrons. The molecule has 0 saturated carbocycles. The summed E-state index contributed by atoms with van der Waals surface area (Å²) in [5.74, 6) is 0. The molecular weight excluding hydrogens is 200 g/mol. The van der Waals surface area contributed by atoms with Crippen LogP contribution in [-0.2, 0) is 5.54 Å². The van der Waals surface area contributed by atoms with Gasteiger partial charge in [0.25, 0.3) is 5.56 Å². The molecule has 0 aliphatic heterocycles. The Balaban J connectivity index is 2.94. The van der Waals surface area contributed by atoms with Gasteiger partial charge in [-0.25, -0.2) is 4.98 Å². The third-order valence-electron chi connectivity index (χ3n) is 2.58. The van der Waals surface area contributed by atoms with E-state index in [0.717, 1.165) is 16.6 Å². The van der Waals surface area contributed by atoms with Crippen molar-refractivity contribution in [2.45, 2.75) is 33.2 Å². The first-order valence-electron chi connectivity index (χ1n) is 5.38. The van der Waals surface area contributed by atoms with Gasteiger partial charge in [0.15, 0.2) is 0 Å². The standard InChI is InChI=1S/C13H16N2O/c1-9-5-6-10-11(7-9)15(13(2,3)4)12(16)8-14-10/h5-8H,1-4H3. The first-order valence-corrected chi connectivity index (χ1v) is 5.38. The van der Waals surface area contributed by atoms with Crippen molar-refractivity contribution in [2.24, 2.45) is 0 Å². The normalized spacial score (nSPS) is 12.0. The number of fused-ring (bicyclic) bond motifs is 1. The third kappa shape index (κ3) is 1.73. The summed E-state index contributed by atoms with van der Waals surface area (Å²) in [6, 6.07) is 5.97.